The van der Waals surface area contributed by atoms with E-state index in [1.807, 2.05) is 30.3 Å². The maximum Gasteiger partial charge on any atom is 0.204 e. The van der Waals surface area contributed by atoms with E-state index in [0.29, 0.717) is 23.2 Å². The van der Waals surface area contributed by atoms with Crippen molar-refractivity contribution in [3.8, 4) is 22.9 Å². The highest BCUT2D eigenvalue weighted by Crippen LogP contribution is 2.31. The van der Waals surface area contributed by atoms with Crippen molar-refractivity contribution in [2.75, 3.05) is 7.11 Å². The molecule has 0 saturated carbocycles. The van der Waals surface area contributed by atoms with Crippen LogP contribution in [0.15, 0.2) is 42.5 Å². The van der Waals surface area contributed by atoms with Crippen LogP contribution in [-0.2, 0) is 6.54 Å². The van der Waals surface area contributed by atoms with Crippen LogP contribution in [0, 0.1) is 0 Å². The van der Waals surface area contributed by atoms with Gasteiger partial charge < -0.3 is 9.84 Å². The minimum Gasteiger partial charge on any atom is -0.504 e. The number of rotatable bonds is 5. The van der Waals surface area contributed by atoms with Crippen molar-refractivity contribution >= 4 is 6.29 Å². The molecule has 0 aliphatic heterocycles. The van der Waals surface area contributed by atoms with Crippen LogP contribution >= 0.6 is 0 Å². The van der Waals surface area contributed by atoms with E-state index in [9.17, 15) is 9.90 Å². The van der Waals surface area contributed by atoms with Gasteiger partial charge in [-0.05, 0) is 17.3 Å². The third-order valence-electron chi connectivity index (χ3n) is 3.33. The number of ether oxygens (including phenoxy) is 1. The van der Waals surface area contributed by atoms with Crippen LogP contribution in [0.1, 0.15) is 15.9 Å². The van der Waals surface area contributed by atoms with Crippen molar-refractivity contribution in [2.45, 2.75) is 6.54 Å². The van der Waals surface area contributed by atoms with Crippen LogP contribution in [0.3, 0.4) is 0 Å². The molecule has 7 heteroatoms. The number of aldehydes is 1. The Labute approximate surface area is 132 Å². The molecule has 0 saturated heterocycles. The number of methoxy groups -OCH3 is 1. The van der Waals surface area contributed by atoms with Crippen LogP contribution < -0.4 is 4.74 Å². The van der Waals surface area contributed by atoms with E-state index >= 15 is 0 Å². The number of phenols is 1. The van der Waals surface area contributed by atoms with Crippen molar-refractivity contribution in [1.29, 1.82) is 0 Å². The quantitative estimate of drug-likeness (QED) is 0.724. The average Bonchev–Trinajstić information content (AvgIpc) is 3.06. The molecule has 0 fully saturated rings. The number of carbonyl (C=O) groups is 1. The lowest BCUT2D eigenvalue weighted by atomic mass is 10.1. The van der Waals surface area contributed by atoms with E-state index in [1.165, 1.54) is 18.0 Å². The lowest BCUT2D eigenvalue weighted by molar-refractivity contribution is 0.112. The van der Waals surface area contributed by atoms with E-state index in [4.69, 9.17) is 4.74 Å². The SMILES string of the molecule is COc1cc(C=O)cc(Cn2nnc(-c3ccccc3)n2)c1O. The van der Waals surface area contributed by atoms with E-state index in [0.717, 1.165) is 5.56 Å². The fraction of sp³-hybridized carbons (Fsp3) is 0.125. The van der Waals surface area contributed by atoms with Gasteiger partial charge in [0.2, 0.25) is 5.82 Å². The Hall–Kier alpha value is -3.22. The predicted molar refractivity (Wildman–Crippen MR) is 82.4 cm³/mol. The maximum atomic E-state index is 11.0. The van der Waals surface area contributed by atoms with Crippen molar-refractivity contribution in [3.05, 3.63) is 53.6 Å². The molecule has 1 N–H and O–H groups in total. The Morgan fingerprint density at radius 2 is 2.04 bits per heavy atom. The predicted octanol–water partition coefficient (Wildman–Crippen LogP) is 1.92. The molecular formula is C16H14N4O3. The van der Waals surface area contributed by atoms with E-state index in [-0.39, 0.29) is 18.0 Å². The molecule has 0 bridgehead atoms. The molecule has 3 rings (SSSR count). The molecule has 23 heavy (non-hydrogen) atoms. The van der Waals surface area contributed by atoms with Gasteiger partial charge in [-0.3, -0.25) is 4.79 Å². The second-order valence-corrected chi connectivity index (χ2v) is 4.86. The summed E-state index contributed by atoms with van der Waals surface area (Å²) in [4.78, 5) is 12.3. The molecule has 0 spiro atoms. The number of hydrogen-bond donors (Lipinski definition) is 1. The summed E-state index contributed by atoms with van der Waals surface area (Å²) < 4.78 is 5.07. The highest BCUT2D eigenvalue weighted by Gasteiger charge is 2.13. The Morgan fingerprint density at radius 3 is 2.74 bits per heavy atom. The molecule has 1 heterocycles. The van der Waals surface area contributed by atoms with Crippen LogP contribution in [0.5, 0.6) is 11.5 Å². The van der Waals surface area contributed by atoms with E-state index in [2.05, 4.69) is 15.4 Å². The summed E-state index contributed by atoms with van der Waals surface area (Å²) in [6.07, 6.45) is 0.690. The molecule has 0 unspecified atom stereocenters. The summed E-state index contributed by atoms with van der Waals surface area (Å²) in [5.41, 5.74) is 1.73. The van der Waals surface area contributed by atoms with Gasteiger partial charge in [-0.1, -0.05) is 30.3 Å². The van der Waals surface area contributed by atoms with Crippen LogP contribution in [0.2, 0.25) is 0 Å². The van der Waals surface area contributed by atoms with Gasteiger partial charge in [0.25, 0.3) is 0 Å². The monoisotopic (exact) mass is 310 g/mol. The minimum atomic E-state index is -0.0448. The highest BCUT2D eigenvalue weighted by molar-refractivity contribution is 5.77. The van der Waals surface area contributed by atoms with Crippen molar-refractivity contribution in [3.63, 3.8) is 0 Å². The number of aromatic hydroxyl groups is 1. The van der Waals surface area contributed by atoms with Crippen LogP contribution in [0.4, 0.5) is 0 Å². The van der Waals surface area contributed by atoms with Gasteiger partial charge in [0.1, 0.15) is 6.29 Å². The second-order valence-electron chi connectivity index (χ2n) is 4.86. The molecule has 0 aliphatic rings. The third-order valence-corrected chi connectivity index (χ3v) is 3.33. The van der Waals surface area contributed by atoms with E-state index in [1.54, 1.807) is 6.07 Å². The summed E-state index contributed by atoms with van der Waals surface area (Å²) in [7, 11) is 1.43. The fourth-order valence-corrected chi connectivity index (χ4v) is 2.20. The molecule has 7 nitrogen and oxygen atoms in total. The van der Waals surface area contributed by atoms with Crippen LogP contribution in [0.25, 0.3) is 11.4 Å². The number of carbonyl (C=O) groups excluding carboxylic acids is 1. The molecule has 0 aliphatic carbocycles. The third kappa shape index (κ3) is 3.03. The largest absolute Gasteiger partial charge is 0.504 e. The molecule has 0 atom stereocenters. The number of hydrogen-bond acceptors (Lipinski definition) is 6. The lowest BCUT2D eigenvalue weighted by Gasteiger charge is -2.09. The first-order valence-corrected chi connectivity index (χ1v) is 6.89. The first kappa shape index (κ1) is 14.7. The van der Waals surface area contributed by atoms with Gasteiger partial charge in [-0.25, -0.2) is 0 Å². The van der Waals surface area contributed by atoms with Crippen molar-refractivity contribution in [2.24, 2.45) is 0 Å². The van der Waals surface area contributed by atoms with Crippen molar-refractivity contribution < 1.29 is 14.6 Å². The van der Waals surface area contributed by atoms with Gasteiger partial charge in [0.05, 0.1) is 13.7 Å². The van der Waals surface area contributed by atoms with Gasteiger partial charge in [0.15, 0.2) is 11.5 Å². The molecule has 3 aromatic rings. The van der Waals surface area contributed by atoms with Gasteiger partial charge in [0, 0.05) is 16.7 Å². The average molecular weight is 310 g/mol. The molecule has 2 aromatic carbocycles. The van der Waals surface area contributed by atoms with Gasteiger partial charge >= 0.3 is 0 Å². The Bertz CT molecular complexity index is 831. The normalized spacial score (nSPS) is 10.5. The van der Waals surface area contributed by atoms with Gasteiger partial charge in [-0.2, -0.15) is 4.80 Å². The second kappa shape index (κ2) is 6.27. The smallest absolute Gasteiger partial charge is 0.204 e. The molecule has 116 valence electrons. The first-order valence-electron chi connectivity index (χ1n) is 6.89. The Kier molecular flexibility index (Phi) is 4.01. The van der Waals surface area contributed by atoms with Crippen LogP contribution in [-0.4, -0.2) is 38.7 Å². The summed E-state index contributed by atoms with van der Waals surface area (Å²) in [5.74, 6) is 0.674. The molecule has 0 radical (unpaired) electrons. The summed E-state index contributed by atoms with van der Waals surface area (Å²) >= 11 is 0. The minimum absolute atomic E-state index is 0.0448. The zero-order valence-electron chi connectivity index (χ0n) is 12.4. The summed E-state index contributed by atoms with van der Waals surface area (Å²) in [6, 6.07) is 12.5. The number of tetrazole rings is 1. The fourth-order valence-electron chi connectivity index (χ4n) is 2.20. The Balaban J connectivity index is 1.91. The number of nitrogens with zero attached hydrogens (tertiary/aromatic N) is 4. The molecule has 1 aromatic heterocycles. The number of aromatic nitrogens is 4. The zero-order chi connectivity index (χ0) is 16.2. The summed E-state index contributed by atoms with van der Waals surface area (Å²) in [5, 5.41) is 22.4. The number of phenolic OH excluding ortho intramolecular Hbond substituents is 1. The van der Waals surface area contributed by atoms with Crippen molar-refractivity contribution in [1.82, 2.24) is 20.2 Å². The standard InChI is InChI=1S/C16H14N4O3/c1-23-14-8-11(10-21)7-13(15(14)22)9-20-18-16(17-19-20)12-5-3-2-4-6-12/h2-8,10,22H,9H2,1H3. The van der Waals surface area contributed by atoms with E-state index < -0.39 is 0 Å². The number of benzene rings is 2. The Morgan fingerprint density at radius 1 is 1.26 bits per heavy atom. The van der Waals surface area contributed by atoms with Gasteiger partial charge in [-0.15, -0.1) is 10.2 Å². The zero-order valence-corrected chi connectivity index (χ0v) is 12.4. The molecular weight excluding hydrogens is 296 g/mol. The molecule has 0 amide bonds. The first-order chi connectivity index (χ1) is 11.2. The lowest BCUT2D eigenvalue weighted by Crippen LogP contribution is -2.05. The topological polar surface area (TPSA) is 90.1 Å². The summed E-state index contributed by atoms with van der Waals surface area (Å²) in [6.45, 7) is 0.170. The highest BCUT2D eigenvalue weighted by atomic mass is 16.5. The maximum absolute atomic E-state index is 11.0.